The van der Waals surface area contributed by atoms with Crippen LogP contribution < -0.4 is 5.32 Å². The fraction of sp³-hybridized carbons (Fsp3) is 0.429. The van der Waals surface area contributed by atoms with Gasteiger partial charge in [-0.1, -0.05) is 41.7 Å². The zero-order valence-electron chi connectivity index (χ0n) is 11.0. The van der Waals surface area contributed by atoms with E-state index in [0.29, 0.717) is 6.04 Å². The predicted molar refractivity (Wildman–Crippen MR) is 78.4 cm³/mol. The molecule has 3 rings (SSSR count). The molecule has 1 N–H and O–H groups in total. The van der Waals surface area contributed by atoms with Crippen LogP contribution in [0.4, 0.5) is 5.13 Å². The summed E-state index contributed by atoms with van der Waals surface area (Å²) in [6.45, 7) is 5.24. The lowest BCUT2D eigenvalue weighted by Crippen LogP contribution is -2.25. The van der Waals surface area contributed by atoms with Crippen molar-refractivity contribution >= 4 is 16.5 Å². The molecule has 1 aliphatic heterocycles. The van der Waals surface area contributed by atoms with Crippen LogP contribution in [0.5, 0.6) is 0 Å². The Morgan fingerprint density at radius 3 is 2.89 bits per heavy atom. The Balaban J connectivity index is 1.53. The zero-order valence-corrected chi connectivity index (χ0v) is 11.9. The summed E-state index contributed by atoms with van der Waals surface area (Å²) < 4.78 is 0. The van der Waals surface area contributed by atoms with E-state index in [4.69, 9.17) is 0 Å². The van der Waals surface area contributed by atoms with E-state index in [-0.39, 0.29) is 0 Å². The Morgan fingerprint density at radius 2 is 2.16 bits per heavy atom. The number of hydrogen-bond acceptors (Lipinski definition) is 5. The summed E-state index contributed by atoms with van der Waals surface area (Å²) in [5.74, 6) is 0. The average molecular weight is 274 g/mol. The van der Waals surface area contributed by atoms with Crippen LogP contribution in [0, 0.1) is 6.92 Å². The van der Waals surface area contributed by atoms with Crippen molar-refractivity contribution < 1.29 is 0 Å². The molecule has 1 unspecified atom stereocenters. The van der Waals surface area contributed by atoms with Crippen LogP contribution in [0.3, 0.4) is 0 Å². The quantitative estimate of drug-likeness (QED) is 0.930. The summed E-state index contributed by atoms with van der Waals surface area (Å²) in [6.07, 6.45) is 1.17. The van der Waals surface area contributed by atoms with Crippen LogP contribution >= 0.6 is 11.3 Å². The topological polar surface area (TPSA) is 41.1 Å². The Morgan fingerprint density at radius 1 is 1.32 bits per heavy atom. The Kier molecular flexibility index (Phi) is 3.75. The number of nitrogens with one attached hydrogen (secondary N) is 1. The van der Waals surface area contributed by atoms with Gasteiger partial charge in [0.2, 0.25) is 5.13 Å². The van der Waals surface area contributed by atoms with Gasteiger partial charge in [-0.15, -0.1) is 10.2 Å². The Hall–Kier alpha value is -1.46. The number of rotatable bonds is 4. The highest BCUT2D eigenvalue weighted by Crippen LogP contribution is 2.20. The van der Waals surface area contributed by atoms with Gasteiger partial charge in [0.25, 0.3) is 0 Å². The summed E-state index contributed by atoms with van der Waals surface area (Å²) in [6, 6.07) is 11.1. The van der Waals surface area contributed by atoms with E-state index in [1.807, 2.05) is 6.92 Å². The van der Waals surface area contributed by atoms with Gasteiger partial charge < -0.3 is 5.32 Å². The molecule has 1 aromatic heterocycles. The first kappa shape index (κ1) is 12.6. The number of benzene rings is 1. The lowest BCUT2D eigenvalue weighted by atomic mass is 10.2. The van der Waals surface area contributed by atoms with E-state index >= 15 is 0 Å². The van der Waals surface area contributed by atoms with Gasteiger partial charge >= 0.3 is 0 Å². The molecular weight excluding hydrogens is 256 g/mol. The molecule has 1 saturated heterocycles. The van der Waals surface area contributed by atoms with Crippen LogP contribution in [0.15, 0.2) is 30.3 Å². The molecule has 0 bridgehead atoms. The molecule has 5 heteroatoms. The maximum absolute atomic E-state index is 4.13. The second kappa shape index (κ2) is 5.67. The minimum atomic E-state index is 0.496. The molecule has 1 fully saturated rings. The van der Waals surface area contributed by atoms with Crippen molar-refractivity contribution in [1.82, 2.24) is 15.1 Å². The maximum atomic E-state index is 4.13. The minimum Gasteiger partial charge on any atom is -0.356 e. The number of aromatic nitrogens is 2. The summed E-state index contributed by atoms with van der Waals surface area (Å²) in [5.41, 5.74) is 1.38. The average Bonchev–Trinajstić information content (AvgIpc) is 3.01. The number of aryl methyl sites for hydroxylation is 1. The first-order valence-electron chi connectivity index (χ1n) is 6.62. The molecule has 1 aromatic carbocycles. The molecule has 4 nitrogen and oxygen atoms in total. The summed E-state index contributed by atoms with van der Waals surface area (Å²) in [7, 11) is 0. The molecule has 1 atom stereocenters. The summed E-state index contributed by atoms with van der Waals surface area (Å²) in [4.78, 5) is 2.49. The SMILES string of the molecule is Cc1nnc(NC2CCN(Cc3ccccc3)C2)s1. The van der Waals surface area contributed by atoms with Crippen LogP contribution in [0.25, 0.3) is 0 Å². The molecule has 0 aliphatic carbocycles. The molecule has 0 saturated carbocycles. The third kappa shape index (κ3) is 3.30. The van der Waals surface area contributed by atoms with Gasteiger partial charge in [-0.25, -0.2) is 0 Å². The number of likely N-dealkylation sites (tertiary alicyclic amines) is 1. The molecule has 2 aromatic rings. The van der Waals surface area contributed by atoms with Crippen LogP contribution in [-0.2, 0) is 6.54 Å². The maximum Gasteiger partial charge on any atom is 0.205 e. The van der Waals surface area contributed by atoms with E-state index in [2.05, 4.69) is 50.7 Å². The number of nitrogens with zero attached hydrogens (tertiary/aromatic N) is 3. The van der Waals surface area contributed by atoms with Gasteiger partial charge in [0.1, 0.15) is 5.01 Å². The standard InChI is InChI=1S/C14H18N4S/c1-11-16-17-14(19-11)15-13-7-8-18(10-13)9-12-5-3-2-4-6-12/h2-6,13H,7-10H2,1H3,(H,15,17). The molecule has 1 aliphatic rings. The molecule has 0 radical (unpaired) electrons. The third-order valence-corrected chi connectivity index (χ3v) is 4.14. The summed E-state index contributed by atoms with van der Waals surface area (Å²) >= 11 is 1.63. The highest BCUT2D eigenvalue weighted by Gasteiger charge is 2.23. The molecule has 2 heterocycles. The van der Waals surface area contributed by atoms with Gasteiger partial charge in [-0.3, -0.25) is 4.90 Å². The van der Waals surface area contributed by atoms with Crippen molar-refractivity contribution in [3.05, 3.63) is 40.9 Å². The van der Waals surface area contributed by atoms with Crippen LogP contribution in [0.1, 0.15) is 17.0 Å². The Labute approximate surface area is 117 Å². The van der Waals surface area contributed by atoms with Gasteiger partial charge in [0.05, 0.1) is 0 Å². The van der Waals surface area contributed by atoms with E-state index < -0.39 is 0 Å². The number of anilines is 1. The van der Waals surface area contributed by atoms with Gasteiger partial charge in [-0.2, -0.15) is 0 Å². The van der Waals surface area contributed by atoms with Crippen molar-refractivity contribution in [3.63, 3.8) is 0 Å². The summed E-state index contributed by atoms with van der Waals surface area (Å²) in [5, 5.41) is 13.6. The smallest absolute Gasteiger partial charge is 0.205 e. The fourth-order valence-electron chi connectivity index (χ4n) is 2.47. The zero-order chi connectivity index (χ0) is 13.1. The highest BCUT2D eigenvalue weighted by molar-refractivity contribution is 7.15. The van der Waals surface area contributed by atoms with Crippen molar-refractivity contribution in [2.24, 2.45) is 0 Å². The van der Waals surface area contributed by atoms with Crippen molar-refractivity contribution in [3.8, 4) is 0 Å². The first-order valence-corrected chi connectivity index (χ1v) is 7.44. The van der Waals surface area contributed by atoms with E-state index in [9.17, 15) is 0 Å². The number of hydrogen-bond donors (Lipinski definition) is 1. The first-order chi connectivity index (χ1) is 9.29. The lowest BCUT2D eigenvalue weighted by Gasteiger charge is -2.16. The van der Waals surface area contributed by atoms with Crippen LogP contribution in [-0.4, -0.2) is 34.2 Å². The van der Waals surface area contributed by atoms with Gasteiger partial charge in [0, 0.05) is 25.7 Å². The molecule has 0 amide bonds. The van der Waals surface area contributed by atoms with E-state index in [0.717, 1.165) is 29.8 Å². The fourth-order valence-corrected chi connectivity index (χ4v) is 3.13. The Bertz CT molecular complexity index is 525. The lowest BCUT2D eigenvalue weighted by molar-refractivity contribution is 0.328. The second-order valence-corrected chi connectivity index (χ2v) is 6.16. The van der Waals surface area contributed by atoms with Gasteiger partial charge in [0.15, 0.2) is 0 Å². The third-order valence-electron chi connectivity index (χ3n) is 3.38. The largest absolute Gasteiger partial charge is 0.356 e. The van der Waals surface area contributed by atoms with E-state index in [1.54, 1.807) is 11.3 Å². The van der Waals surface area contributed by atoms with Gasteiger partial charge in [-0.05, 0) is 18.9 Å². The van der Waals surface area contributed by atoms with Crippen molar-refractivity contribution in [2.75, 3.05) is 18.4 Å². The predicted octanol–water partition coefficient (Wildman–Crippen LogP) is 2.53. The molecular formula is C14H18N4S. The van der Waals surface area contributed by atoms with E-state index in [1.165, 1.54) is 12.0 Å². The van der Waals surface area contributed by atoms with Crippen molar-refractivity contribution in [1.29, 1.82) is 0 Å². The molecule has 100 valence electrons. The molecule has 19 heavy (non-hydrogen) atoms. The molecule has 0 spiro atoms. The normalized spacial score (nSPS) is 19.7. The minimum absolute atomic E-state index is 0.496. The monoisotopic (exact) mass is 274 g/mol. The van der Waals surface area contributed by atoms with Crippen molar-refractivity contribution in [2.45, 2.75) is 25.9 Å². The van der Waals surface area contributed by atoms with Crippen LogP contribution in [0.2, 0.25) is 0 Å². The second-order valence-electron chi connectivity index (χ2n) is 4.98. The highest BCUT2D eigenvalue weighted by atomic mass is 32.1.